The Kier molecular flexibility index (Phi) is 6.05. The van der Waals surface area contributed by atoms with Gasteiger partial charge in [0.1, 0.15) is 13.1 Å². The van der Waals surface area contributed by atoms with Gasteiger partial charge in [-0.2, -0.15) is 0 Å². The highest BCUT2D eigenvalue weighted by atomic mass is 35.6. The van der Waals surface area contributed by atoms with Crippen molar-refractivity contribution in [2.75, 3.05) is 26.3 Å². The molecule has 0 aromatic heterocycles. The molecule has 0 radical (unpaired) electrons. The molecule has 1 atom stereocenters. The summed E-state index contributed by atoms with van der Waals surface area (Å²) in [4.78, 5) is 23.5. The lowest BCUT2D eigenvalue weighted by Gasteiger charge is -2.35. The van der Waals surface area contributed by atoms with Crippen molar-refractivity contribution in [2.45, 2.75) is 9.96 Å². The van der Waals surface area contributed by atoms with Crippen LogP contribution in [0.25, 0.3) is 0 Å². The van der Waals surface area contributed by atoms with E-state index in [1.807, 2.05) is 0 Å². The molecule has 1 heterocycles. The van der Waals surface area contributed by atoms with Gasteiger partial charge in [0.25, 0.3) is 15.4 Å². The Balaban J connectivity index is 2.17. The fourth-order valence-electron chi connectivity index (χ4n) is 2.31. The molecule has 1 aromatic carbocycles. The number of ether oxygens (including phenoxy) is 1. The van der Waals surface area contributed by atoms with Crippen LogP contribution in [0.4, 0.5) is 5.69 Å². The average Bonchev–Trinajstić information content (AvgIpc) is 2.52. The Labute approximate surface area is 147 Å². The highest BCUT2D eigenvalue weighted by Gasteiger charge is 2.43. The van der Waals surface area contributed by atoms with Crippen LogP contribution in [0.2, 0.25) is 0 Å². The largest absolute Gasteiger partial charge is 0.370 e. The maximum absolute atomic E-state index is 12.4. The van der Waals surface area contributed by atoms with Gasteiger partial charge in [0.2, 0.25) is 6.17 Å². The lowest BCUT2D eigenvalue weighted by molar-refractivity contribution is -0.934. The lowest BCUT2D eigenvalue weighted by atomic mass is 10.2. The zero-order valence-electron chi connectivity index (χ0n) is 11.9. The third-order valence-corrected chi connectivity index (χ3v) is 4.12. The summed E-state index contributed by atoms with van der Waals surface area (Å²) in [6.07, 6.45) is -0.789. The molecule has 10 heteroatoms. The third-order valence-electron chi connectivity index (χ3n) is 3.47. The number of rotatable bonds is 4. The number of quaternary nitrogens is 1. The molecule has 126 valence electrons. The second-order valence-corrected chi connectivity index (χ2v) is 7.40. The van der Waals surface area contributed by atoms with Crippen LogP contribution in [0.15, 0.2) is 24.3 Å². The molecule has 7 nitrogen and oxygen atoms in total. The Morgan fingerprint density at radius 3 is 2.57 bits per heavy atom. The molecule has 0 spiro atoms. The summed E-state index contributed by atoms with van der Waals surface area (Å²) in [5.74, 6) is -0.538. The number of nitro benzene ring substituents is 1. The number of carbonyl (C=O) groups is 1. The molecule has 1 aliphatic heterocycles. The van der Waals surface area contributed by atoms with Crippen LogP contribution in [0.1, 0.15) is 10.4 Å². The Bertz CT molecular complexity index is 588. The molecular formula is C13H15Cl3N3O4+. The molecule has 2 N–H and O–H groups in total. The van der Waals surface area contributed by atoms with Gasteiger partial charge in [-0.1, -0.05) is 40.9 Å². The molecule has 1 saturated heterocycles. The van der Waals surface area contributed by atoms with Gasteiger partial charge in [0.05, 0.1) is 18.1 Å². The van der Waals surface area contributed by atoms with Crippen molar-refractivity contribution in [3.05, 3.63) is 39.9 Å². The minimum atomic E-state index is -1.72. The van der Waals surface area contributed by atoms with Crippen LogP contribution in [-0.4, -0.2) is 47.1 Å². The van der Waals surface area contributed by atoms with E-state index in [4.69, 9.17) is 39.5 Å². The van der Waals surface area contributed by atoms with Gasteiger partial charge >= 0.3 is 0 Å². The molecule has 23 heavy (non-hydrogen) atoms. The van der Waals surface area contributed by atoms with Crippen LogP contribution < -0.4 is 10.2 Å². The number of non-ortho nitro benzene ring substituents is 1. The first-order valence-electron chi connectivity index (χ1n) is 6.83. The number of hydrogen-bond acceptors (Lipinski definition) is 4. The van der Waals surface area contributed by atoms with E-state index in [1.165, 1.54) is 24.3 Å². The van der Waals surface area contributed by atoms with E-state index in [0.29, 0.717) is 26.3 Å². The van der Waals surface area contributed by atoms with Gasteiger partial charge in [0.15, 0.2) is 0 Å². The lowest BCUT2D eigenvalue weighted by Crippen LogP contribution is -3.21. The predicted octanol–water partition coefficient (Wildman–Crippen LogP) is 0.936. The number of nitrogens with one attached hydrogen (secondary N) is 2. The van der Waals surface area contributed by atoms with Crippen molar-refractivity contribution >= 4 is 46.4 Å². The summed E-state index contributed by atoms with van der Waals surface area (Å²) in [5, 5.41) is 13.5. The summed E-state index contributed by atoms with van der Waals surface area (Å²) in [6, 6.07) is 5.38. The van der Waals surface area contributed by atoms with E-state index in [-0.39, 0.29) is 11.3 Å². The van der Waals surface area contributed by atoms with E-state index < -0.39 is 20.8 Å². The Morgan fingerprint density at radius 1 is 1.35 bits per heavy atom. The number of nitro groups is 1. The van der Waals surface area contributed by atoms with Crippen LogP contribution >= 0.6 is 34.8 Å². The minimum absolute atomic E-state index is 0.131. The SMILES string of the molecule is O=C(N[C@H]([NH+]1CCOCC1)C(Cl)(Cl)Cl)c1cccc([N+](=O)[O-])c1. The second kappa shape index (κ2) is 7.63. The van der Waals surface area contributed by atoms with Crippen LogP contribution in [0.3, 0.4) is 0 Å². The summed E-state index contributed by atoms with van der Waals surface area (Å²) < 4.78 is 3.54. The summed E-state index contributed by atoms with van der Waals surface area (Å²) in [5.41, 5.74) is -0.0482. The van der Waals surface area contributed by atoms with Gasteiger partial charge in [-0.25, -0.2) is 0 Å². The molecule has 0 saturated carbocycles. The smallest absolute Gasteiger partial charge is 0.270 e. The molecule has 1 aromatic rings. The fourth-order valence-corrected chi connectivity index (χ4v) is 2.94. The van der Waals surface area contributed by atoms with Crippen molar-refractivity contribution in [1.82, 2.24) is 5.32 Å². The quantitative estimate of drug-likeness (QED) is 0.460. The number of halogens is 3. The molecule has 0 bridgehead atoms. The number of benzene rings is 1. The van der Waals surface area contributed by atoms with Crippen LogP contribution in [0.5, 0.6) is 0 Å². The van der Waals surface area contributed by atoms with Crippen molar-refractivity contribution in [3.8, 4) is 0 Å². The fraction of sp³-hybridized carbons (Fsp3) is 0.462. The number of morpholine rings is 1. The summed E-state index contributed by atoms with van der Waals surface area (Å²) in [7, 11) is 0. The third kappa shape index (κ3) is 4.92. The van der Waals surface area contributed by atoms with Crippen molar-refractivity contribution in [3.63, 3.8) is 0 Å². The Hall–Kier alpha value is -1.12. The number of alkyl halides is 3. The van der Waals surface area contributed by atoms with Crippen molar-refractivity contribution in [2.24, 2.45) is 0 Å². The summed E-state index contributed by atoms with van der Waals surface area (Å²) in [6.45, 7) is 2.15. The minimum Gasteiger partial charge on any atom is -0.370 e. The maximum atomic E-state index is 12.4. The Morgan fingerprint density at radius 2 is 2.00 bits per heavy atom. The van der Waals surface area contributed by atoms with E-state index in [1.54, 1.807) is 0 Å². The molecule has 1 amide bonds. The average molecular weight is 384 g/mol. The normalized spacial score (nSPS) is 17.5. The topological polar surface area (TPSA) is 85.9 Å². The standard InChI is InChI=1S/C13H14Cl3N3O4/c14-13(15,16)12(18-4-6-23-7-5-18)17-11(20)9-2-1-3-10(8-9)19(21)22/h1-3,8,12H,4-7H2,(H,17,20)/p+1/t12-/m1/s1. The zero-order chi connectivity index (χ0) is 17.0. The first-order valence-corrected chi connectivity index (χ1v) is 7.97. The molecule has 1 aliphatic rings. The van der Waals surface area contributed by atoms with E-state index >= 15 is 0 Å². The number of hydrogen-bond donors (Lipinski definition) is 2. The molecule has 0 aliphatic carbocycles. The second-order valence-electron chi connectivity index (χ2n) is 5.03. The number of carbonyl (C=O) groups excluding carboxylic acids is 1. The van der Waals surface area contributed by atoms with E-state index in [9.17, 15) is 14.9 Å². The first-order chi connectivity index (χ1) is 10.8. The maximum Gasteiger partial charge on any atom is 0.270 e. The first kappa shape index (κ1) is 18.2. The zero-order valence-corrected chi connectivity index (χ0v) is 14.2. The van der Waals surface area contributed by atoms with Crippen LogP contribution in [0, 0.1) is 10.1 Å². The monoisotopic (exact) mass is 382 g/mol. The van der Waals surface area contributed by atoms with E-state index in [2.05, 4.69) is 5.32 Å². The molecule has 1 fully saturated rings. The molecule has 2 rings (SSSR count). The van der Waals surface area contributed by atoms with Gasteiger partial charge in [-0.3, -0.25) is 20.2 Å². The van der Waals surface area contributed by atoms with Gasteiger partial charge in [-0.15, -0.1) is 0 Å². The highest BCUT2D eigenvalue weighted by Crippen LogP contribution is 2.28. The predicted molar refractivity (Wildman–Crippen MR) is 86.2 cm³/mol. The van der Waals surface area contributed by atoms with Gasteiger partial charge in [-0.05, 0) is 6.07 Å². The number of nitrogens with zero attached hydrogens (tertiary/aromatic N) is 1. The van der Waals surface area contributed by atoms with Gasteiger partial charge in [0, 0.05) is 17.7 Å². The van der Waals surface area contributed by atoms with Crippen LogP contribution in [-0.2, 0) is 4.74 Å². The van der Waals surface area contributed by atoms with Crippen molar-refractivity contribution < 1.29 is 19.4 Å². The molecular weight excluding hydrogens is 369 g/mol. The highest BCUT2D eigenvalue weighted by molar-refractivity contribution is 6.68. The number of amides is 1. The molecule has 0 unspecified atom stereocenters. The van der Waals surface area contributed by atoms with Gasteiger partial charge < -0.3 is 9.64 Å². The van der Waals surface area contributed by atoms with Crippen molar-refractivity contribution in [1.29, 1.82) is 0 Å². The van der Waals surface area contributed by atoms with E-state index in [0.717, 1.165) is 4.90 Å². The summed E-state index contributed by atoms with van der Waals surface area (Å²) >= 11 is 18.0.